The van der Waals surface area contributed by atoms with Gasteiger partial charge >= 0.3 is 6.18 Å². The molecule has 1 aliphatic rings. The van der Waals surface area contributed by atoms with Crippen LogP contribution in [0.4, 0.5) is 13.2 Å². The van der Waals surface area contributed by atoms with Gasteiger partial charge in [0, 0.05) is 36.8 Å². The Morgan fingerprint density at radius 2 is 2.00 bits per heavy atom. The molecule has 10 heteroatoms. The topological polar surface area (TPSA) is 72.9 Å². The number of hydrogen-bond acceptors (Lipinski definition) is 5. The van der Waals surface area contributed by atoms with Crippen molar-refractivity contribution in [3.05, 3.63) is 47.1 Å². The number of aromatic nitrogens is 3. The third kappa shape index (κ3) is 3.86. The van der Waals surface area contributed by atoms with Gasteiger partial charge < -0.3 is 14.1 Å². The number of likely N-dealkylation sites (tertiary alicyclic amines) is 1. The smallest absolute Gasteiger partial charge is 0.433 e. The molecule has 1 saturated heterocycles. The quantitative estimate of drug-likeness (QED) is 0.634. The standard InChI is InChI=1S/C20H21F3N4O3/c1-3-29-18-5-4-15(30-18)19(28)26-8-6-13(7-9-26)14-11-16(20(21,22)23)27-17(24-14)10-12(2)25-27/h4-5,10-11,13H,3,6-9H2,1-2H3. The number of hydrogen-bond donors (Lipinski definition) is 0. The van der Waals surface area contributed by atoms with Crippen LogP contribution in [0.5, 0.6) is 5.95 Å². The van der Waals surface area contributed by atoms with Gasteiger partial charge in [0.05, 0.1) is 12.3 Å². The van der Waals surface area contributed by atoms with Gasteiger partial charge in [-0.25, -0.2) is 9.50 Å². The molecule has 0 unspecified atom stereocenters. The van der Waals surface area contributed by atoms with E-state index in [9.17, 15) is 18.0 Å². The van der Waals surface area contributed by atoms with Crippen molar-refractivity contribution in [2.24, 2.45) is 0 Å². The zero-order valence-electron chi connectivity index (χ0n) is 16.6. The van der Waals surface area contributed by atoms with E-state index >= 15 is 0 Å². The first kappa shape index (κ1) is 20.2. The van der Waals surface area contributed by atoms with Gasteiger partial charge in [-0.1, -0.05) is 0 Å². The second kappa shape index (κ2) is 7.66. The Morgan fingerprint density at radius 3 is 2.67 bits per heavy atom. The van der Waals surface area contributed by atoms with Gasteiger partial charge in [-0.2, -0.15) is 18.3 Å². The molecular formula is C20H21F3N4O3. The first-order valence-corrected chi connectivity index (χ1v) is 9.72. The predicted molar refractivity (Wildman–Crippen MR) is 100 cm³/mol. The van der Waals surface area contributed by atoms with Crippen LogP contribution in [0, 0.1) is 6.92 Å². The van der Waals surface area contributed by atoms with Gasteiger partial charge in [0.1, 0.15) is 5.69 Å². The molecule has 1 aliphatic heterocycles. The van der Waals surface area contributed by atoms with Crippen LogP contribution in [0.2, 0.25) is 0 Å². The molecule has 0 radical (unpaired) electrons. The number of carbonyl (C=O) groups excluding carboxylic acids is 1. The van der Waals surface area contributed by atoms with Crippen molar-refractivity contribution in [1.29, 1.82) is 0 Å². The molecule has 0 aromatic carbocycles. The lowest BCUT2D eigenvalue weighted by Gasteiger charge is -2.31. The lowest BCUT2D eigenvalue weighted by Crippen LogP contribution is -2.38. The van der Waals surface area contributed by atoms with E-state index in [-0.39, 0.29) is 29.2 Å². The number of amides is 1. The molecule has 0 spiro atoms. The largest absolute Gasteiger partial charge is 0.465 e. The molecule has 4 heterocycles. The highest BCUT2D eigenvalue weighted by atomic mass is 19.4. The summed E-state index contributed by atoms with van der Waals surface area (Å²) >= 11 is 0. The van der Waals surface area contributed by atoms with Crippen molar-refractivity contribution in [2.75, 3.05) is 19.7 Å². The van der Waals surface area contributed by atoms with Crippen molar-refractivity contribution >= 4 is 11.6 Å². The van der Waals surface area contributed by atoms with Gasteiger partial charge in [-0.15, -0.1) is 0 Å². The highest BCUT2D eigenvalue weighted by Gasteiger charge is 2.36. The van der Waals surface area contributed by atoms with Gasteiger partial charge in [0.2, 0.25) is 0 Å². The van der Waals surface area contributed by atoms with Crippen LogP contribution in [0.1, 0.15) is 53.3 Å². The van der Waals surface area contributed by atoms with Crippen LogP contribution < -0.4 is 4.74 Å². The van der Waals surface area contributed by atoms with E-state index in [1.807, 2.05) is 6.92 Å². The number of piperidine rings is 1. The fourth-order valence-corrected chi connectivity index (χ4v) is 3.71. The average molecular weight is 422 g/mol. The van der Waals surface area contributed by atoms with Crippen LogP contribution >= 0.6 is 0 Å². The van der Waals surface area contributed by atoms with Crippen molar-refractivity contribution < 1.29 is 27.1 Å². The molecule has 0 atom stereocenters. The van der Waals surface area contributed by atoms with Gasteiger partial charge in [0.25, 0.3) is 11.9 Å². The van der Waals surface area contributed by atoms with Crippen LogP contribution in [0.15, 0.2) is 28.7 Å². The molecule has 3 aromatic heterocycles. The van der Waals surface area contributed by atoms with Gasteiger partial charge in [-0.05, 0) is 38.8 Å². The number of furan rings is 1. The Kier molecular flexibility index (Phi) is 5.17. The number of nitrogens with zero attached hydrogens (tertiary/aromatic N) is 4. The number of alkyl halides is 3. The van der Waals surface area contributed by atoms with E-state index in [4.69, 9.17) is 9.15 Å². The molecule has 3 aromatic rings. The minimum atomic E-state index is -4.54. The summed E-state index contributed by atoms with van der Waals surface area (Å²) in [6.45, 7) is 4.68. The van der Waals surface area contributed by atoms with E-state index in [1.165, 1.54) is 6.07 Å². The fraction of sp³-hybridized carbons (Fsp3) is 0.450. The Bertz CT molecular complexity index is 1070. The summed E-state index contributed by atoms with van der Waals surface area (Å²) in [5, 5.41) is 3.91. The summed E-state index contributed by atoms with van der Waals surface area (Å²) < 4.78 is 52.0. The summed E-state index contributed by atoms with van der Waals surface area (Å²) in [6.07, 6.45) is -3.51. The molecule has 1 amide bonds. The third-order valence-corrected chi connectivity index (χ3v) is 5.14. The maximum Gasteiger partial charge on any atom is 0.433 e. The van der Waals surface area contributed by atoms with Crippen molar-refractivity contribution in [2.45, 2.75) is 38.8 Å². The SMILES string of the molecule is CCOc1ccc(C(=O)N2CCC(c3cc(C(F)(F)F)n4nc(C)cc4n3)CC2)o1. The number of ether oxygens (including phenoxy) is 1. The highest BCUT2D eigenvalue weighted by Crippen LogP contribution is 2.34. The number of fused-ring (bicyclic) bond motifs is 1. The van der Waals surface area contributed by atoms with Gasteiger partial charge in [0.15, 0.2) is 11.4 Å². The van der Waals surface area contributed by atoms with E-state index in [0.717, 1.165) is 10.6 Å². The molecule has 1 fully saturated rings. The third-order valence-electron chi connectivity index (χ3n) is 5.14. The Morgan fingerprint density at radius 1 is 1.27 bits per heavy atom. The molecule has 160 valence electrons. The first-order valence-electron chi connectivity index (χ1n) is 9.72. The number of halogens is 3. The molecule has 4 rings (SSSR count). The minimum absolute atomic E-state index is 0.175. The second-order valence-electron chi connectivity index (χ2n) is 7.24. The monoisotopic (exact) mass is 422 g/mol. The zero-order chi connectivity index (χ0) is 21.5. The van der Waals surface area contributed by atoms with Crippen LogP contribution in [-0.2, 0) is 6.18 Å². The summed E-state index contributed by atoms with van der Waals surface area (Å²) in [5.41, 5.74) is 0.178. The normalized spacial score (nSPS) is 15.7. The van der Waals surface area contributed by atoms with Crippen LogP contribution in [-0.4, -0.2) is 45.1 Å². The Labute approximate surface area is 170 Å². The maximum atomic E-state index is 13.5. The van der Waals surface area contributed by atoms with E-state index < -0.39 is 11.9 Å². The Balaban J connectivity index is 1.51. The van der Waals surface area contributed by atoms with E-state index in [0.29, 0.717) is 43.9 Å². The number of aryl methyl sites for hydroxylation is 1. The lowest BCUT2D eigenvalue weighted by molar-refractivity contribution is -0.142. The maximum absolute atomic E-state index is 13.5. The minimum Gasteiger partial charge on any atom is -0.465 e. The fourth-order valence-electron chi connectivity index (χ4n) is 3.71. The molecular weight excluding hydrogens is 401 g/mol. The zero-order valence-corrected chi connectivity index (χ0v) is 16.6. The Hall–Kier alpha value is -3.04. The van der Waals surface area contributed by atoms with Crippen molar-refractivity contribution in [3.63, 3.8) is 0 Å². The molecule has 7 nitrogen and oxygen atoms in total. The molecule has 0 saturated carbocycles. The average Bonchev–Trinajstić information content (AvgIpc) is 3.32. The van der Waals surface area contributed by atoms with E-state index in [2.05, 4.69) is 10.1 Å². The lowest BCUT2D eigenvalue weighted by atomic mass is 9.92. The van der Waals surface area contributed by atoms with Crippen LogP contribution in [0.3, 0.4) is 0 Å². The molecule has 30 heavy (non-hydrogen) atoms. The molecule has 0 aliphatic carbocycles. The summed E-state index contributed by atoms with van der Waals surface area (Å²) in [7, 11) is 0. The second-order valence-corrected chi connectivity index (χ2v) is 7.24. The summed E-state index contributed by atoms with van der Waals surface area (Å²) in [4.78, 5) is 18.7. The van der Waals surface area contributed by atoms with Gasteiger partial charge in [-0.3, -0.25) is 4.79 Å². The first-order chi connectivity index (χ1) is 14.3. The summed E-state index contributed by atoms with van der Waals surface area (Å²) in [6, 6.07) is 5.76. The molecule has 0 N–H and O–H groups in total. The highest BCUT2D eigenvalue weighted by molar-refractivity contribution is 5.91. The van der Waals surface area contributed by atoms with E-state index in [1.54, 1.807) is 24.0 Å². The van der Waals surface area contributed by atoms with Crippen molar-refractivity contribution in [3.8, 4) is 5.95 Å². The summed E-state index contributed by atoms with van der Waals surface area (Å²) in [5.74, 6) is 0.0331. The molecule has 0 bridgehead atoms. The number of carbonyl (C=O) groups is 1. The predicted octanol–water partition coefficient (Wildman–Crippen LogP) is 4.07. The van der Waals surface area contributed by atoms with Crippen molar-refractivity contribution in [1.82, 2.24) is 19.5 Å². The van der Waals surface area contributed by atoms with Crippen LogP contribution in [0.25, 0.3) is 5.65 Å². The number of rotatable bonds is 4.